The van der Waals surface area contributed by atoms with E-state index in [4.69, 9.17) is 0 Å². The second kappa shape index (κ2) is 8.46. The van der Waals surface area contributed by atoms with Crippen molar-refractivity contribution in [3.05, 3.63) is 77.9 Å². The van der Waals surface area contributed by atoms with Gasteiger partial charge in [-0.1, -0.05) is 29.5 Å². The second-order valence-corrected chi connectivity index (χ2v) is 8.25. The van der Waals surface area contributed by atoms with E-state index in [0.29, 0.717) is 12.1 Å². The molecule has 8 heteroatoms. The molecule has 2 aromatic heterocycles. The van der Waals surface area contributed by atoms with Crippen LogP contribution in [-0.2, 0) is 4.79 Å². The molecule has 1 atom stereocenters. The van der Waals surface area contributed by atoms with E-state index < -0.39 is 0 Å². The Morgan fingerprint density at radius 1 is 1.15 bits per heavy atom. The van der Waals surface area contributed by atoms with E-state index in [-0.39, 0.29) is 23.6 Å². The van der Waals surface area contributed by atoms with Gasteiger partial charge in [0, 0.05) is 41.8 Å². The van der Waals surface area contributed by atoms with Crippen molar-refractivity contribution in [1.82, 2.24) is 25.3 Å². The van der Waals surface area contributed by atoms with Gasteiger partial charge in [-0.25, -0.2) is 4.68 Å². The van der Waals surface area contributed by atoms with Crippen LogP contribution in [0.3, 0.4) is 0 Å². The number of nitrogens with zero attached hydrogens (tertiary/aromatic N) is 5. The highest BCUT2D eigenvalue weighted by molar-refractivity contribution is 5.96. The molecule has 1 N–H and O–H groups in total. The zero-order valence-corrected chi connectivity index (χ0v) is 18.5. The van der Waals surface area contributed by atoms with E-state index in [1.807, 2.05) is 62.4 Å². The zero-order chi connectivity index (χ0) is 22.9. The van der Waals surface area contributed by atoms with Crippen LogP contribution < -0.4 is 10.2 Å². The Labute approximate surface area is 191 Å². The molecule has 2 aromatic carbocycles. The van der Waals surface area contributed by atoms with Crippen LogP contribution in [0.4, 0.5) is 5.69 Å². The van der Waals surface area contributed by atoms with Gasteiger partial charge in [0.2, 0.25) is 5.91 Å². The van der Waals surface area contributed by atoms with Crippen molar-refractivity contribution in [2.24, 2.45) is 0 Å². The summed E-state index contributed by atoms with van der Waals surface area (Å²) >= 11 is 0. The lowest BCUT2D eigenvalue weighted by Gasteiger charge is -2.19. The molecule has 1 unspecified atom stereocenters. The normalized spacial score (nSPS) is 14.6. The molecule has 0 aliphatic carbocycles. The first-order valence-electron chi connectivity index (χ1n) is 11.0. The Balaban J connectivity index is 1.38. The van der Waals surface area contributed by atoms with Gasteiger partial charge in [0.05, 0.1) is 17.4 Å². The topological polar surface area (TPSA) is 93.0 Å². The summed E-state index contributed by atoms with van der Waals surface area (Å²) < 4.78 is 1.68. The molecule has 1 aliphatic heterocycles. The van der Waals surface area contributed by atoms with Crippen LogP contribution in [0, 0.1) is 6.92 Å². The molecule has 0 radical (unpaired) electrons. The average molecular weight is 441 g/mol. The van der Waals surface area contributed by atoms with Gasteiger partial charge in [0.1, 0.15) is 0 Å². The van der Waals surface area contributed by atoms with Gasteiger partial charge in [-0.3, -0.25) is 14.6 Å². The number of amides is 2. The maximum absolute atomic E-state index is 13.0. The van der Waals surface area contributed by atoms with Gasteiger partial charge < -0.3 is 10.2 Å². The van der Waals surface area contributed by atoms with E-state index in [1.165, 1.54) is 0 Å². The summed E-state index contributed by atoms with van der Waals surface area (Å²) in [6.07, 6.45) is 4.98. The fourth-order valence-electron chi connectivity index (χ4n) is 4.29. The first-order chi connectivity index (χ1) is 16.0. The highest BCUT2D eigenvalue weighted by Gasteiger charge is 2.23. The largest absolute Gasteiger partial charge is 0.344 e. The van der Waals surface area contributed by atoms with E-state index in [2.05, 4.69) is 20.6 Å². The van der Waals surface area contributed by atoms with Crippen LogP contribution in [0.1, 0.15) is 47.6 Å². The highest BCUT2D eigenvalue weighted by atomic mass is 16.2. The summed E-state index contributed by atoms with van der Waals surface area (Å²) in [5.41, 5.74) is 3.56. The van der Waals surface area contributed by atoms with Crippen molar-refractivity contribution in [2.45, 2.75) is 32.7 Å². The van der Waals surface area contributed by atoms with E-state index in [1.54, 1.807) is 22.0 Å². The fourth-order valence-corrected chi connectivity index (χ4v) is 4.29. The van der Waals surface area contributed by atoms with Crippen molar-refractivity contribution in [3.8, 4) is 5.69 Å². The predicted octanol–water partition coefficient (Wildman–Crippen LogP) is 3.74. The van der Waals surface area contributed by atoms with Crippen LogP contribution in [0.2, 0.25) is 0 Å². The van der Waals surface area contributed by atoms with Gasteiger partial charge in [-0.2, -0.15) is 0 Å². The number of rotatable bonds is 5. The van der Waals surface area contributed by atoms with Crippen LogP contribution in [0.15, 0.2) is 60.9 Å². The van der Waals surface area contributed by atoms with Crippen LogP contribution in [0.25, 0.3) is 16.5 Å². The third kappa shape index (κ3) is 3.84. The minimum Gasteiger partial charge on any atom is -0.344 e. The Hall–Kier alpha value is -4.07. The highest BCUT2D eigenvalue weighted by Crippen LogP contribution is 2.26. The maximum atomic E-state index is 13.0. The Morgan fingerprint density at radius 2 is 2.00 bits per heavy atom. The summed E-state index contributed by atoms with van der Waals surface area (Å²) in [5.74, 6) is -0.156. The lowest BCUT2D eigenvalue weighted by Crippen LogP contribution is -2.28. The third-order valence-electron chi connectivity index (χ3n) is 6.10. The van der Waals surface area contributed by atoms with Crippen LogP contribution in [-0.4, -0.2) is 38.3 Å². The number of carbonyl (C=O) groups excluding carboxylic acids is 2. The molecule has 5 rings (SSSR count). The zero-order valence-electron chi connectivity index (χ0n) is 18.5. The second-order valence-electron chi connectivity index (χ2n) is 8.25. The summed E-state index contributed by atoms with van der Waals surface area (Å²) in [4.78, 5) is 31.1. The summed E-state index contributed by atoms with van der Waals surface area (Å²) in [6, 6.07) is 15.3. The third-order valence-corrected chi connectivity index (χ3v) is 6.10. The first kappa shape index (κ1) is 20.8. The van der Waals surface area contributed by atoms with Gasteiger partial charge in [0.25, 0.3) is 5.91 Å². The van der Waals surface area contributed by atoms with Crippen molar-refractivity contribution in [2.75, 3.05) is 11.4 Å². The fraction of sp³-hybridized carbons (Fsp3) is 0.240. The predicted molar refractivity (Wildman–Crippen MR) is 125 cm³/mol. The molecule has 1 saturated heterocycles. The number of anilines is 1. The number of nitrogens with one attached hydrogen (secondary N) is 1. The standard InChI is InChI=1S/C25H24N6O2/c1-16(18-6-3-8-20(14-18)30-13-5-10-23(30)32)27-25(33)24-17(2)31(29-28-24)22-9-4-7-19-15-26-12-11-21(19)22/h3-4,6-9,11-12,14-16H,5,10,13H2,1-2H3,(H,27,33). The molecule has 0 bridgehead atoms. The number of carbonyl (C=O) groups is 2. The summed E-state index contributed by atoms with van der Waals surface area (Å²) in [6.45, 7) is 4.48. The number of hydrogen-bond donors (Lipinski definition) is 1. The quantitative estimate of drug-likeness (QED) is 0.510. The number of fused-ring (bicyclic) bond motifs is 1. The molecule has 8 nitrogen and oxygen atoms in total. The van der Waals surface area contributed by atoms with E-state index in [0.717, 1.165) is 40.7 Å². The lowest BCUT2D eigenvalue weighted by molar-refractivity contribution is -0.117. The van der Waals surface area contributed by atoms with Crippen molar-refractivity contribution in [3.63, 3.8) is 0 Å². The minimum atomic E-state index is -0.296. The minimum absolute atomic E-state index is 0.139. The molecule has 4 aromatic rings. The maximum Gasteiger partial charge on any atom is 0.274 e. The van der Waals surface area contributed by atoms with Gasteiger partial charge >= 0.3 is 0 Å². The molecule has 33 heavy (non-hydrogen) atoms. The summed E-state index contributed by atoms with van der Waals surface area (Å²) in [5, 5.41) is 13.4. The molecule has 1 aliphatic rings. The lowest BCUT2D eigenvalue weighted by atomic mass is 10.1. The smallest absolute Gasteiger partial charge is 0.274 e. The van der Waals surface area contributed by atoms with Gasteiger partial charge in [-0.05, 0) is 50.1 Å². The number of aromatic nitrogens is 4. The Kier molecular flexibility index (Phi) is 5.34. The SMILES string of the molecule is Cc1c(C(=O)NC(C)c2cccc(N3CCCC3=O)c2)nnn1-c1cccc2cnccc12. The van der Waals surface area contributed by atoms with E-state index in [9.17, 15) is 9.59 Å². The van der Waals surface area contributed by atoms with E-state index >= 15 is 0 Å². The molecule has 2 amide bonds. The summed E-state index contributed by atoms with van der Waals surface area (Å²) in [7, 11) is 0. The van der Waals surface area contributed by atoms with Crippen LogP contribution in [0.5, 0.6) is 0 Å². The van der Waals surface area contributed by atoms with Crippen LogP contribution >= 0.6 is 0 Å². The average Bonchev–Trinajstić information content (AvgIpc) is 3.44. The Morgan fingerprint density at radius 3 is 2.82 bits per heavy atom. The van der Waals surface area contributed by atoms with Gasteiger partial charge in [0.15, 0.2) is 5.69 Å². The monoisotopic (exact) mass is 440 g/mol. The van der Waals surface area contributed by atoms with Gasteiger partial charge in [-0.15, -0.1) is 5.10 Å². The Bertz CT molecular complexity index is 1360. The van der Waals surface area contributed by atoms with Crippen molar-refractivity contribution >= 4 is 28.3 Å². The molecule has 3 heterocycles. The molecule has 166 valence electrons. The molecule has 1 fully saturated rings. The first-order valence-corrected chi connectivity index (χ1v) is 11.0. The molecular formula is C25H24N6O2. The molecular weight excluding hydrogens is 416 g/mol. The molecule has 0 saturated carbocycles. The molecule has 0 spiro atoms. The van der Waals surface area contributed by atoms with Crippen molar-refractivity contribution in [1.29, 1.82) is 0 Å². The number of benzene rings is 2. The number of pyridine rings is 1. The number of hydrogen-bond acceptors (Lipinski definition) is 5. The van der Waals surface area contributed by atoms with Crippen molar-refractivity contribution < 1.29 is 9.59 Å².